The number of hydrogen-bond acceptors (Lipinski definition) is 6. The van der Waals surface area contributed by atoms with E-state index in [0.717, 1.165) is 22.2 Å². The summed E-state index contributed by atoms with van der Waals surface area (Å²) < 4.78 is 10.5. The van der Waals surface area contributed by atoms with Crippen LogP contribution in [0.2, 0.25) is 0 Å². The van der Waals surface area contributed by atoms with E-state index >= 15 is 0 Å². The molecule has 0 fully saturated rings. The van der Waals surface area contributed by atoms with Gasteiger partial charge < -0.3 is 14.2 Å². The first-order chi connectivity index (χ1) is 10.8. The van der Waals surface area contributed by atoms with Crippen molar-refractivity contribution in [2.45, 2.75) is 12.3 Å². The highest BCUT2D eigenvalue weighted by atomic mass is 32.2. The van der Waals surface area contributed by atoms with Crippen LogP contribution in [0.15, 0.2) is 51.0 Å². The van der Waals surface area contributed by atoms with E-state index in [1.54, 1.807) is 29.9 Å². The van der Waals surface area contributed by atoms with E-state index in [-0.39, 0.29) is 5.91 Å². The zero-order chi connectivity index (χ0) is 15.2. The Morgan fingerprint density at radius 1 is 1.27 bits per heavy atom. The first kappa shape index (κ1) is 14.9. The fraction of sp³-hybridized carbons (Fsp3) is 0.200. The van der Waals surface area contributed by atoms with Gasteiger partial charge in [0, 0.05) is 11.1 Å². The number of thioether (sulfide) groups is 1. The van der Waals surface area contributed by atoms with Crippen molar-refractivity contribution < 1.29 is 13.6 Å². The SMILES string of the molecule is O=C(CSCc1csc(-c2ccco2)n1)NCc1ccco1. The van der Waals surface area contributed by atoms with Crippen molar-refractivity contribution in [3.05, 3.63) is 53.6 Å². The summed E-state index contributed by atoms with van der Waals surface area (Å²) in [6.07, 6.45) is 3.23. The number of nitrogens with one attached hydrogen (secondary N) is 1. The molecule has 7 heteroatoms. The molecular formula is C15H14N2O3S2. The summed E-state index contributed by atoms with van der Waals surface area (Å²) in [6, 6.07) is 7.36. The van der Waals surface area contributed by atoms with Gasteiger partial charge in [0.05, 0.1) is 30.5 Å². The number of amides is 1. The second kappa shape index (κ2) is 7.33. The van der Waals surface area contributed by atoms with Crippen LogP contribution in [0.3, 0.4) is 0 Å². The molecule has 0 atom stereocenters. The van der Waals surface area contributed by atoms with Crippen molar-refractivity contribution in [3.8, 4) is 10.8 Å². The Bertz CT molecular complexity index is 705. The van der Waals surface area contributed by atoms with Gasteiger partial charge in [-0.15, -0.1) is 23.1 Å². The lowest BCUT2D eigenvalue weighted by Crippen LogP contribution is -2.24. The second-order valence-electron chi connectivity index (χ2n) is 4.47. The normalized spacial score (nSPS) is 10.7. The molecule has 3 aromatic heterocycles. The van der Waals surface area contributed by atoms with E-state index in [1.165, 1.54) is 11.8 Å². The largest absolute Gasteiger partial charge is 0.467 e. The topological polar surface area (TPSA) is 68.3 Å². The van der Waals surface area contributed by atoms with Gasteiger partial charge in [0.15, 0.2) is 10.8 Å². The summed E-state index contributed by atoms with van der Waals surface area (Å²) in [5, 5.41) is 5.67. The molecule has 5 nitrogen and oxygen atoms in total. The van der Waals surface area contributed by atoms with E-state index in [9.17, 15) is 4.79 Å². The molecule has 3 heterocycles. The van der Waals surface area contributed by atoms with Gasteiger partial charge in [-0.2, -0.15) is 0 Å². The van der Waals surface area contributed by atoms with Crippen LogP contribution < -0.4 is 5.32 Å². The molecule has 3 rings (SSSR count). The van der Waals surface area contributed by atoms with Gasteiger partial charge in [0.1, 0.15) is 5.76 Å². The average molecular weight is 334 g/mol. The summed E-state index contributed by atoms with van der Waals surface area (Å²) in [7, 11) is 0. The van der Waals surface area contributed by atoms with Gasteiger partial charge in [0.2, 0.25) is 5.91 Å². The molecule has 0 saturated carbocycles. The smallest absolute Gasteiger partial charge is 0.230 e. The molecule has 0 aliphatic heterocycles. The molecule has 0 bridgehead atoms. The Morgan fingerprint density at radius 2 is 2.14 bits per heavy atom. The van der Waals surface area contributed by atoms with E-state index < -0.39 is 0 Å². The summed E-state index contributed by atoms with van der Waals surface area (Å²) in [6.45, 7) is 0.422. The van der Waals surface area contributed by atoms with Crippen molar-refractivity contribution in [1.82, 2.24) is 10.3 Å². The lowest BCUT2D eigenvalue weighted by Gasteiger charge is -2.02. The van der Waals surface area contributed by atoms with Crippen LogP contribution in [0.1, 0.15) is 11.5 Å². The number of carbonyl (C=O) groups excluding carboxylic acids is 1. The molecule has 0 aliphatic carbocycles. The molecule has 0 saturated heterocycles. The van der Waals surface area contributed by atoms with Crippen LogP contribution in [-0.2, 0) is 17.1 Å². The van der Waals surface area contributed by atoms with Crippen molar-refractivity contribution in [1.29, 1.82) is 0 Å². The number of hydrogen-bond donors (Lipinski definition) is 1. The molecule has 1 amide bonds. The maximum absolute atomic E-state index is 11.7. The molecule has 0 aliphatic rings. The summed E-state index contributed by atoms with van der Waals surface area (Å²) in [4.78, 5) is 16.2. The van der Waals surface area contributed by atoms with Gasteiger partial charge in [-0.3, -0.25) is 4.79 Å². The van der Waals surface area contributed by atoms with Crippen molar-refractivity contribution >= 4 is 29.0 Å². The molecular weight excluding hydrogens is 320 g/mol. The number of aromatic nitrogens is 1. The maximum Gasteiger partial charge on any atom is 0.230 e. The highest BCUT2D eigenvalue weighted by molar-refractivity contribution is 7.99. The quantitative estimate of drug-likeness (QED) is 0.716. The Balaban J connectivity index is 1.40. The van der Waals surface area contributed by atoms with Gasteiger partial charge >= 0.3 is 0 Å². The first-order valence-corrected chi connectivity index (χ1v) is 8.70. The highest BCUT2D eigenvalue weighted by Crippen LogP contribution is 2.25. The number of carbonyl (C=O) groups is 1. The molecule has 3 aromatic rings. The predicted octanol–water partition coefficient (Wildman–Crippen LogP) is 3.55. The fourth-order valence-corrected chi connectivity index (χ4v) is 3.42. The minimum Gasteiger partial charge on any atom is -0.467 e. The molecule has 1 N–H and O–H groups in total. The molecule has 0 radical (unpaired) electrons. The van der Waals surface area contributed by atoms with Crippen molar-refractivity contribution in [2.24, 2.45) is 0 Å². The summed E-state index contributed by atoms with van der Waals surface area (Å²) >= 11 is 3.08. The van der Waals surface area contributed by atoms with Gasteiger partial charge in [-0.05, 0) is 24.3 Å². The van der Waals surface area contributed by atoms with E-state index in [0.29, 0.717) is 18.1 Å². The number of furan rings is 2. The number of thiazole rings is 1. The lowest BCUT2D eigenvalue weighted by molar-refractivity contribution is -0.118. The summed E-state index contributed by atoms with van der Waals surface area (Å²) in [5.74, 6) is 2.61. The van der Waals surface area contributed by atoms with E-state index in [1.807, 2.05) is 23.6 Å². The van der Waals surface area contributed by atoms with Crippen LogP contribution >= 0.6 is 23.1 Å². The van der Waals surface area contributed by atoms with Crippen LogP contribution in [0.5, 0.6) is 0 Å². The third-order valence-corrected chi connectivity index (χ3v) is 4.68. The monoisotopic (exact) mass is 334 g/mol. The fourth-order valence-electron chi connectivity index (χ4n) is 1.78. The Hall–Kier alpha value is -1.99. The molecule has 0 unspecified atom stereocenters. The van der Waals surface area contributed by atoms with Crippen molar-refractivity contribution in [2.75, 3.05) is 5.75 Å². The maximum atomic E-state index is 11.7. The number of nitrogens with zero attached hydrogens (tertiary/aromatic N) is 1. The van der Waals surface area contributed by atoms with Crippen molar-refractivity contribution in [3.63, 3.8) is 0 Å². The average Bonchev–Trinajstić information content (AvgIpc) is 3.26. The standard InChI is InChI=1S/C15H14N2O3S2/c18-14(16-7-12-3-1-5-19-12)10-21-8-11-9-22-15(17-11)13-4-2-6-20-13/h1-6,9H,7-8,10H2,(H,16,18). The minimum atomic E-state index is -0.0112. The van der Waals surface area contributed by atoms with Crippen LogP contribution in [0.25, 0.3) is 10.8 Å². The highest BCUT2D eigenvalue weighted by Gasteiger charge is 2.08. The van der Waals surface area contributed by atoms with E-state index in [2.05, 4.69) is 10.3 Å². The third kappa shape index (κ3) is 4.02. The van der Waals surface area contributed by atoms with E-state index in [4.69, 9.17) is 8.83 Å². The zero-order valence-corrected chi connectivity index (χ0v) is 13.3. The molecule has 114 valence electrons. The third-order valence-electron chi connectivity index (χ3n) is 2.81. The first-order valence-electron chi connectivity index (χ1n) is 6.66. The Labute approximate surface area is 135 Å². The number of rotatable bonds is 7. The molecule has 0 spiro atoms. The predicted molar refractivity (Wildman–Crippen MR) is 86.5 cm³/mol. The van der Waals surface area contributed by atoms with Gasteiger partial charge in [-0.25, -0.2) is 4.98 Å². The van der Waals surface area contributed by atoms with Crippen LogP contribution in [0.4, 0.5) is 0 Å². The van der Waals surface area contributed by atoms with Crippen LogP contribution in [0, 0.1) is 0 Å². The molecule has 22 heavy (non-hydrogen) atoms. The Morgan fingerprint density at radius 3 is 2.91 bits per heavy atom. The Kier molecular flexibility index (Phi) is 4.97. The lowest BCUT2D eigenvalue weighted by atomic mass is 10.4. The second-order valence-corrected chi connectivity index (χ2v) is 6.31. The van der Waals surface area contributed by atoms with Gasteiger partial charge in [-0.1, -0.05) is 0 Å². The van der Waals surface area contributed by atoms with Crippen LogP contribution in [-0.4, -0.2) is 16.6 Å². The zero-order valence-electron chi connectivity index (χ0n) is 11.7. The summed E-state index contributed by atoms with van der Waals surface area (Å²) in [5.41, 5.74) is 0.959. The minimum absolute atomic E-state index is 0.0112. The van der Waals surface area contributed by atoms with Gasteiger partial charge in [0.25, 0.3) is 0 Å². The molecule has 0 aromatic carbocycles.